The predicted molar refractivity (Wildman–Crippen MR) is 80.3 cm³/mol. The van der Waals surface area contributed by atoms with Crippen molar-refractivity contribution >= 4 is 5.91 Å². The largest absolute Gasteiger partial charge is 0.376 e. The Bertz CT molecular complexity index is 586. The topological polar surface area (TPSA) is 67.0 Å². The zero-order valence-electron chi connectivity index (χ0n) is 12.9. The van der Waals surface area contributed by atoms with E-state index in [9.17, 15) is 4.79 Å². The standard InChI is InChI=1S/C17H23N3O2/c21-16(15-13-9-22-2-1-14(13)19-20-15)18-17-6-10-3-11(7-17)5-12(4-10)8-17/h10-12H,1-9H2,(H,18,21)(H,19,20). The Kier molecular flexibility index (Phi) is 2.72. The van der Waals surface area contributed by atoms with Gasteiger partial charge in [0.2, 0.25) is 0 Å². The molecule has 4 saturated carbocycles. The van der Waals surface area contributed by atoms with Crippen LogP contribution in [0.3, 0.4) is 0 Å². The molecule has 0 atom stereocenters. The number of nitrogens with zero attached hydrogens (tertiary/aromatic N) is 1. The van der Waals surface area contributed by atoms with E-state index in [-0.39, 0.29) is 11.4 Å². The monoisotopic (exact) mass is 301 g/mol. The number of amides is 1. The molecule has 1 aromatic heterocycles. The maximum Gasteiger partial charge on any atom is 0.272 e. The van der Waals surface area contributed by atoms with Crippen molar-refractivity contribution in [2.75, 3.05) is 6.61 Å². The Morgan fingerprint density at radius 1 is 1.18 bits per heavy atom. The van der Waals surface area contributed by atoms with Crippen LogP contribution in [0.25, 0.3) is 0 Å². The summed E-state index contributed by atoms with van der Waals surface area (Å²) in [6.45, 7) is 1.22. The lowest BCUT2D eigenvalue weighted by molar-refractivity contribution is -0.0168. The number of aromatic amines is 1. The van der Waals surface area contributed by atoms with E-state index in [1.807, 2.05) is 0 Å². The van der Waals surface area contributed by atoms with Crippen molar-refractivity contribution in [3.63, 3.8) is 0 Å². The van der Waals surface area contributed by atoms with Gasteiger partial charge in [-0.25, -0.2) is 0 Å². The molecule has 5 nitrogen and oxygen atoms in total. The van der Waals surface area contributed by atoms with Gasteiger partial charge in [-0.05, 0) is 56.3 Å². The fraction of sp³-hybridized carbons (Fsp3) is 0.765. The number of nitrogens with one attached hydrogen (secondary N) is 2. The molecule has 0 spiro atoms. The first-order chi connectivity index (χ1) is 10.7. The second-order valence-corrected chi connectivity index (χ2v) is 7.98. The van der Waals surface area contributed by atoms with Gasteiger partial charge < -0.3 is 10.1 Å². The van der Waals surface area contributed by atoms with E-state index >= 15 is 0 Å². The van der Waals surface area contributed by atoms with Crippen LogP contribution in [-0.4, -0.2) is 28.3 Å². The van der Waals surface area contributed by atoms with Gasteiger partial charge in [0.1, 0.15) is 0 Å². The van der Waals surface area contributed by atoms with Gasteiger partial charge >= 0.3 is 0 Å². The minimum absolute atomic E-state index is 0.00458. The van der Waals surface area contributed by atoms with Gasteiger partial charge in [0.25, 0.3) is 5.91 Å². The molecule has 0 radical (unpaired) electrons. The van der Waals surface area contributed by atoms with Crippen molar-refractivity contribution in [1.82, 2.24) is 15.5 Å². The van der Waals surface area contributed by atoms with Crippen molar-refractivity contribution in [3.05, 3.63) is 17.0 Å². The highest BCUT2D eigenvalue weighted by atomic mass is 16.5. The van der Waals surface area contributed by atoms with Crippen LogP contribution in [0.1, 0.15) is 60.3 Å². The Morgan fingerprint density at radius 2 is 1.86 bits per heavy atom. The van der Waals surface area contributed by atoms with Crippen molar-refractivity contribution in [2.45, 2.75) is 57.1 Å². The van der Waals surface area contributed by atoms with E-state index in [4.69, 9.17) is 4.74 Å². The second-order valence-electron chi connectivity index (χ2n) is 7.98. The first-order valence-electron chi connectivity index (χ1n) is 8.67. The average Bonchev–Trinajstić information content (AvgIpc) is 2.89. The lowest BCUT2D eigenvalue weighted by Gasteiger charge is -2.56. The van der Waals surface area contributed by atoms with E-state index in [1.54, 1.807) is 0 Å². The lowest BCUT2D eigenvalue weighted by atomic mass is 9.53. The van der Waals surface area contributed by atoms with Crippen LogP contribution in [-0.2, 0) is 17.8 Å². The predicted octanol–water partition coefficient (Wildman–Crippen LogP) is 2.18. The molecule has 1 aliphatic heterocycles. The van der Waals surface area contributed by atoms with E-state index in [0.29, 0.717) is 18.9 Å². The average molecular weight is 301 g/mol. The molecule has 1 amide bonds. The first kappa shape index (κ1) is 13.1. The summed E-state index contributed by atoms with van der Waals surface area (Å²) in [5, 5.41) is 10.7. The Labute approximate surface area is 130 Å². The molecular formula is C17H23N3O2. The highest BCUT2D eigenvalue weighted by Crippen LogP contribution is 2.55. The Hall–Kier alpha value is -1.36. The molecule has 4 bridgehead atoms. The molecular weight excluding hydrogens is 278 g/mol. The highest BCUT2D eigenvalue weighted by Gasteiger charge is 2.51. The highest BCUT2D eigenvalue weighted by molar-refractivity contribution is 5.94. The van der Waals surface area contributed by atoms with Gasteiger partial charge in [-0.1, -0.05) is 0 Å². The van der Waals surface area contributed by atoms with Gasteiger partial charge in [-0.15, -0.1) is 0 Å². The van der Waals surface area contributed by atoms with Crippen LogP contribution < -0.4 is 5.32 Å². The summed E-state index contributed by atoms with van der Waals surface area (Å²) < 4.78 is 5.50. The minimum atomic E-state index is 0.00458. The van der Waals surface area contributed by atoms with Crippen molar-refractivity contribution < 1.29 is 9.53 Å². The molecule has 2 N–H and O–H groups in total. The van der Waals surface area contributed by atoms with Crippen LogP contribution in [0, 0.1) is 17.8 Å². The SMILES string of the molecule is O=C(NC12CC3CC(CC(C3)C1)C2)c1n[nH]c2c1COCC2. The fourth-order valence-electron chi connectivity index (χ4n) is 5.86. The van der Waals surface area contributed by atoms with Gasteiger partial charge in [-0.3, -0.25) is 9.89 Å². The summed E-state index contributed by atoms with van der Waals surface area (Å²) in [5.41, 5.74) is 2.65. The molecule has 4 aliphatic carbocycles. The number of rotatable bonds is 2. The number of ether oxygens (including phenoxy) is 1. The molecule has 5 heteroatoms. The number of carbonyl (C=O) groups is 1. The van der Waals surface area contributed by atoms with E-state index in [0.717, 1.165) is 35.4 Å². The molecule has 4 fully saturated rings. The second kappa shape index (κ2) is 4.57. The molecule has 0 saturated heterocycles. The van der Waals surface area contributed by atoms with E-state index in [2.05, 4.69) is 15.5 Å². The zero-order valence-corrected chi connectivity index (χ0v) is 12.9. The molecule has 5 aliphatic rings. The number of fused-ring (bicyclic) bond motifs is 1. The maximum atomic E-state index is 12.8. The fourth-order valence-corrected chi connectivity index (χ4v) is 5.86. The van der Waals surface area contributed by atoms with E-state index in [1.165, 1.54) is 38.5 Å². The normalized spacial score (nSPS) is 38.8. The quantitative estimate of drug-likeness (QED) is 0.880. The van der Waals surface area contributed by atoms with Crippen LogP contribution in [0.5, 0.6) is 0 Å². The Morgan fingerprint density at radius 3 is 2.55 bits per heavy atom. The summed E-state index contributed by atoms with van der Waals surface area (Å²) in [6.07, 6.45) is 8.52. The molecule has 1 aromatic rings. The maximum absolute atomic E-state index is 12.8. The van der Waals surface area contributed by atoms with Crippen LogP contribution in [0.2, 0.25) is 0 Å². The van der Waals surface area contributed by atoms with Gasteiger partial charge in [0.05, 0.1) is 13.2 Å². The van der Waals surface area contributed by atoms with Gasteiger partial charge in [-0.2, -0.15) is 5.10 Å². The van der Waals surface area contributed by atoms with Gasteiger partial charge in [0, 0.05) is 23.2 Å². The third-order valence-corrected chi connectivity index (χ3v) is 6.33. The first-order valence-corrected chi connectivity index (χ1v) is 8.67. The summed E-state index contributed by atoms with van der Waals surface area (Å²) in [4.78, 5) is 12.8. The number of hydrogen-bond acceptors (Lipinski definition) is 3. The Balaban J connectivity index is 1.40. The summed E-state index contributed by atoms with van der Waals surface area (Å²) in [7, 11) is 0. The molecule has 22 heavy (non-hydrogen) atoms. The summed E-state index contributed by atoms with van der Waals surface area (Å²) in [6, 6.07) is 0. The van der Waals surface area contributed by atoms with Crippen LogP contribution in [0.15, 0.2) is 0 Å². The number of carbonyl (C=O) groups excluding carboxylic acids is 1. The smallest absolute Gasteiger partial charge is 0.272 e. The van der Waals surface area contributed by atoms with E-state index < -0.39 is 0 Å². The van der Waals surface area contributed by atoms with Crippen molar-refractivity contribution in [3.8, 4) is 0 Å². The lowest BCUT2D eigenvalue weighted by Crippen LogP contribution is -2.60. The summed E-state index contributed by atoms with van der Waals surface area (Å²) >= 11 is 0. The van der Waals surface area contributed by atoms with Gasteiger partial charge in [0.15, 0.2) is 5.69 Å². The molecule has 2 heterocycles. The van der Waals surface area contributed by atoms with Crippen LogP contribution >= 0.6 is 0 Å². The molecule has 0 unspecified atom stereocenters. The summed E-state index contributed by atoms with van der Waals surface area (Å²) in [5.74, 6) is 2.51. The number of aromatic nitrogens is 2. The third kappa shape index (κ3) is 1.94. The van der Waals surface area contributed by atoms with Crippen molar-refractivity contribution in [2.24, 2.45) is 17.8 Å². The molecule has 6 rings (SSSR count). The number of hydrogen-bond donors (Lipinski definition) is 2. The molecule has 118 valence electrons. The zero-order chi connectivity index (χ0) is 14.7. The number of H-pyrrole nitrogens is 1. The van der Waals surface area contributed by atoms with Crippen LogP contribution in [0.4, 0.5) is 0 Å². The molecule has 0 aromatic carbocycles. The minimum Gasteiger partial charge on any atom is -0.376 e. The van der Waals surface area contributed by atoms with Crippen molar-refractivity contribution in [1.29, 1.82) is 0 Å². The third-order valence-electron chi connectivity index (χ3n) is 6.33.